The smallest absolute Gasteiger partial charge is 0.0961 e. The third-order valence-electron chi connectivity index (χ3n) is 2.19. The fraction of sp³-hybridized carbons (Fsp3) is 0.250. The maximum Gasteiger partial charge on any atom is 0.0961 e. The van der Waals surface area contributed by atoms with E-state index < -0.39 is 0 Å². The van der Waals surface area contributed by atoms with E-state index in [1.165, 1.54) is 5.56 Å². The molecule has 0 fully saturated rings. The van der Waals surface area contributed by atoms with E-state index in [1.54, 1.807) is 11.8 Å². The topological polar surface area (TPSA) is 40.7 Å². The van der Waals surface area contributed by atoms with Crippen LogP contribution in [0.2, 0.25) is 0 Å². The molecule has 0 aliphatic rings. The van der Waals surface area contributed by atoms with E-state index in [2.05, 4.69) is 34.3 Å². The van der Waals surface area contributed by atoms with Gasteiger partial charge >= 0.3 is 0 Å². The molecule has 16 heavy (non-hydrogen) atoms. The van der Waals surface area contributed by atoms with Crippen LogP contribution < -0.4 is 5.32 Å². The van der Waals surface area contributed by atoms with Gasteiger partial charge in [-0.1, -0.05) is 6.92 Å². The minimum absolute atomic E-state index is 0.825. The summed E-state index contributed by atoms with van der Waals surface area (Å²) in [7, 11) is 0. The summed E-state index contributed by atoms with van der Waals surface area (Å²) in [5.74, 6) is 1.06. The molecule has 2 N–H and O–H groups in total. The number of hydrogen-bond acceptors (Lipinski definition) is 3. The fourth-order valence-corrected chi connectivity index (χ4v) is 1.98. The Kier molecular flexibility index (Phi) is 3.88. The molecule has 2 rings (SSSR count). The molecule has 0 saturated carbocycles. The molecule has 0 amide bonds. The highest BCUT2D eigenvalue weighted by Crippen LogP contribution is 2.16. The molecule has 0 bridgehead atoms. The monoisotopic (exact) mass is 233 g/mol. The molecule has 0 aliphatic carbocycles. The van der Waals surface area contributed by atoms with Gasteiger partial charge < -0.3 is 10.3 Å². The van der Waals surface area contributed by atoms with Gasteiger partial charge in [-0.25, -0.2) is 4.98 Å². The molecular weight excluding hydrogens is 218 g/mol. The number of rotatable bonds is 5. The Morgan fingerprint density at radius 2 is 2.31 bits per heavy atom. The Morgan fingerprint density at radius 1 is 1.38 bits per heavy atom. The van der Waals surface area contributed by atoms with Crippen molar-refractivity contribution in [3.05, 3.63) is 42.4 Å². The molecule has 0 saturated heterocycles. The minimum Gasteiger partial charge on any atom is -0.380 e. The first kappa shape index (κ1) is 11.1. The predicted molar refractivity (Wildman–Crippen MR) is 68.8 cm³/mol. The Bertz CT molecular complexity index is 408. The van der Waals surface area contributed by atoms with Crippen LogP contribution in [0.1, 0.15) is 12.5 Å². The number of nitrogens with one attached hydrogen (secondary N) is 2. The first-order valence-electron chi connectivity index (χ1n) is 5.33. The van der Waals surface area contributed by atoms with E-state index in [1.807, 2.05) is 24.7 Å². The number of anilines is 1. The van der Waals surface area contributed by atoms with Crippen molar-refractivity contribution in [2.45, 2.75) is 18.5 Å². The first-order valence-corrected chi connectivity index (χ1v) is 6.31. The van der Waals surface area contributed by atoms with E-state index in [0.29, 0.717) is 0 Å². The highest BCUT2D eigenvalue weighted by atomic mass is 32.2. The van der Waals surface area contributed by atoms with Gasteiger partial charge in [0.15, 0.2) is 0 Å². The van der Waals surface area contributed by atoms with E-state index >= 15 is 0 Å². The van der Waals surface area contributed by atoms with Crippen molar-refractivity contribution < 1.29 is 0 Å². The second-order valence-electron chi connectivity index (χ2n) is 3.39. The molecule has 84 valence electrons. The van der Waals surface area contributed by atoms with Crippen LogP contribution in [0.15, 0.2) is 41.8 Å². The summed E-state index contributed by atoms with van der Waals surface area (Å²) in [6.07, 6.45) is 5.79. The van der Waals surface area contributed by atoms with E-state index in [4.69, 9.17) is 0 Å². The van der Waals surface area contributed by atoms with E-state index in [-0.39, 0.29) is 0 Å². The van der Waals surface area contributed by atoms with Crippen molar-refractivity contribution in [3.63, 3.8) is 0 Å². The number of aromatic nitrogens is 2. The van der Waals surface area contributed by atoms with Gasteiger partial charge in [0.2, 0.25) is 0 Å². The lowest BCUT2D eigenvalue weighted by molar-refractivity contribution is 1.09. The molecule has 2 heterocycles. The molecule has 0 radical (unpaired) electrons. The van der Waals surface area contributed by atoms with Crippen LogP contribution in [0.4, 0.5) is 5.69 Å². The molecule has 3 nitrogen and oxygen atoms in total. The zero-order chi connectivity index (χ0) is 11.2. The second kappa shape index (κ2) is 5.61. The predicted octanol–water partition coefficient (Wildman–Crippen LogP) is 3.13. The summed E-state index contributed by atoms with van der Waals surface area (Å²) in [5, 5.41) is 4.40. The second-order valence-corrected chi connectivity index (χ2v) is 4.68. The lowest BCUT2D eigenvalue weighted by Gasteiger charge is -2.05. The van der Waals surface area contributed by atoms with Gasteiger partial charge in [-0.2, -0.15) is 0 Å². The Labute approximate surface area is 99.7 Å². The maximum absolute atomic E-state index is 4.36. The number of aromatic amines is 1. The largest absolute Gasteiger partial charge is 0.380 e. The Hall–Kier alpha value is -1.42. The number of thioether (sulfide) groups is 1. The molecule has 0 unspecified atom stereocenters. The van der Waals surface area contributed by atoms with Crippen molar-refractivity contribution in [2.75, 3.05) is 11.1 Å². The molecule has 4 heteroatoms. The number of hydrogen-bond donors (Lipinski definition) is 2. The van der Waals surface area contributed by atoms with Gasteiger partial charge in [0.25, 0.3) is 0 Å². The molecule has 0 aliphatic heterocycles. The third kappa shape index (κ3) is 3.03. The average molecular weight is 233 g/mol. The van der Waals surface area contributed by atoms with E-state index in [0.717, 1.165) is 23.0 Å². The van der Waals surface area contributed by atoms with Crippen LogP contribution in [-0.4, -0.2) is 15.7 Å². The standard InChI is InChI=1S/C12H15N3S/c1-2-16-12-4-3-11(9-15-12)14-8-10-5-6-13-7-10/h3-7,9,13-14H,2,8H2,1H3. The Balaban J connectivity index is 1.90. The van der Waals surface area contributed by atoms with Gasteiger partial charge in [-0.15, -0.1) is 11.8 Å². The molecule has 0 atom stereocenters. The van der Waals surface area contributed by atoms with Crippen LogP contribution in [0.5, 0.6) is 0 Å². The zero-order valence-corrected chi connectivity index (χ0v) is 10.1. The third-order valence-corrected chi connectivity index (χ3v) is 3.01. The van der Waals surface area contributed by atoms with Gasteiger partial charge in [0.1, 0.15) is 0 Å². The van der Waals surface area contributed by atoms with Crippen molar-refractivity contribution in [2.24, 2.45) is 0 Å². The summed E-state index contributed by atoms with van der Waals surface area (Å²) in [5.41, 5.74) is 2.30. The molecule has 2 aromatic rings. The van der Waals surface area contributed by atoms with Crippen molar-refractivity contribution in [3.8, 4) is 0 Å². The SMILES string of the molecule is CCSc1ccc(NCc2cc[nH]c2)cn1. The van der Waals surface area contributed by atoms with Crippen molar-refractivity contribution >= 4 is 17.4 Å². The minimum atomic E-state index is 0.825. The molecule has 0 spiro atoms. The van der Waals surface area contributed by atoms with Gasteiger partial charge in [-0.05, 0) is 29.5 Å². The summed E-state index contributed by atoms with van der Waals surface area (Å²) < 4.78 is 0. The lowest BCUT2D eigenvalue weighted by atomic mass is 10.3. The van der Waals surface area contributed by atoms with E-state index in [9.17, 15) is 0 Å². The quantitative estimate of drug-likeness (QED) is 0.779. The average Bonchev–Trinajstić information content (AvgIpc) is 2.82. The highest BCUT2D eigenvalue weighted by Gasteiger charge is 1.96. The lowest BCUT2D eigenvalue weighted by Crippen LogP contribution is -1.98. The van der Waals surface area contributed by atoms with Gasteiger partial charge in [-0.3, -0.25) is 0 Å². The number of nitrogens with zero attached hydrogens (tertiary/aromatic N) is 1. The number of pyridine rings is 1. The van der Waals surface area contributed by atoms with Gasteiger partial charge in [0.05, 0.1) is 16.9 Å². The van der Waals surface area contributed by atoms with Crippen LogP contribution in [0.3, 0.4) is 0 Å². The zero-order valence-electron chi connectivity index (χ0n) is 9.23. The van der Waals surface area contributed by atoms with Crippen LogP contribution in [0, 0.1) is 0 Å². The van der Waals surface area contributed by atoms with Crippen molar-refractivity contribution in [1.82, 2.24) is 9.97 Å². The van der Waals surface area contributed by atoms with Crippen LogP contribution in [0.25, 0.3) is 0 Å². The fourth-order valence-electron chi connectivity index (χ4n) is 1.39. The molecule has 2 aromatic heterocycles. The summed E-state index contributed by atoms with van der Waals surface area (Å²) in [6, 6.07) is 6.17. The first-order chi connectivity index (χ1) is 7.88. The Morgan fingerprint density at radius 3 is 2.94 bits per heavy atom. The maximum atomic E-state index is 4.36. The summed E-state index contributed by atoms with van der Waals surface area (Å²) in [4.78, 5) is 7.39. The van der Waals surface area contributed by atoms with Crippen molar-refractivity contribution in [1.29, 1.82) is 0 Å². The van der Waals surface area contributed by atoms with Crippen LogP contribution in [-0.2, 0) is 6.54 Å². The number of H-pyrrole nitrogens is 1. The van der Waals surface area contributed by atoms with Gasteiger partial charge in [0, 0.05) is 18.9 Å². The summed E-state index contributed by atoms with van der Waals surface area (Å²) in [6.45, 7) is 2.95. The summed E-state index contributed by atoms with van der Waals surface area (Å²) >= 11 is 1.76. The highest BCUT2D eigenvalue weighted by molar-refractivity contribution is 7.99. The normalized spacial score (nSPS) is 10.3. The van der Waals surface area contributed by atoms with Crippen LogP contribution >= 0.6 is 11.8 Å². The molecular formula is C12H15N3S. The molecule has 0 aromatic carbocycles.